The van der Waals surface area contributed by atoms with E-state index < -0.39 is 5.54 Å². The summed E-state index contributed by atoms with van der Waals surface area (Å²) in [6, 6.07) is 6.22. The molecule has 0 spiro atoms. The second-order valence-electron chi connectivity index (χ2n) is 8.67. The van der Waals surface area contributed by atoms with Gasteiger partial charge in [-0.15, -0.1) is 0 Å². The van der Waals surface area contributed by atoms with Crippen LogP contribution >= 0.6 is 0 Å². The molecular formula is C21H26FN3O2. The van der Waals surface area contributed by atoms with Gasteiger partial charge in [-0.05, 0) is 69.7 Å². The Bertz CT molecular complexity index is 852. The van der Waals surface area contributed by atoms with Crippen molar-refractivity contribution in [3.8, 4) is 0 Å². The summed E-state index contributed by atoms with van der Waals surface area (Å²) in [5.74, 6) is 0.872. The highest BCUT2D eigenvalue weighted by Gasteiger charge is 2.40. The maximum atomic E-state index is 13.9. The Balaban J connectivity index is 1.63. The second kappa shape index (κ2) is 6.66. The molecule has 0 radical (unpaired) electrons. The summed E-state index contributed by atoms with van der Waals surface area (Å²) in [6.45, 7) is 7.43. The number of amides is 1. The van der Waals surface area contributed by atoms with Crippen LogP contribution in [0.25, 0.3) is 10.9 Å². The predicted octanol–water partition coefficient (Wildman–Crippen LogP) is 4.76. The van der Waals surface area contributed by atoms with Gasteiger partial charge in [-0.2, -0.15) is 5.06 Å². The van der Waals surface area contributed by atoms with Gasteiger partial charge in [-0.3, -0.25) is 4.98 Å². The van der Waals surface area contributed by atoms with Gasteiger partial charge in [0.25, 0.3) is 0 Å². The fourth-order valence-corrected chi connectivity index (χ4v) is 4.35. The Morgan fingerprint density at radius 3 is 2.59 bits per heavy atom. The number of aromatic nitrogens is 1. The van der Waals surface area contributed by atoms with Gasteiger partial charge >= 0.3 is 6.09 Å². The second-order valence-corrected chi connectivity index (χ2v) is 8.67. The van der Waals surface area contributed by atoms with Crippen molar-refractivity contribution in [2.24, 2.45) is 11.8 Å². The number of likely N-dealkylation sites (tertiary alicyclic amines) is 1. The van der Waals surface area contributed by atoms with Crippen molar-refractivity contribution in [1.29, 1.82) is 0 Å². The molecule has 27 heavy (non-hydrogen) atoms. The van der Waals surface area contributed by atoms with E-state index >= 15 is 0 Å². The number of carbonyl (C=O) groups excluding carboxylic acids is 1. The molecule has 1 aromatic heterocycles. The minimum absolute atomic E-state index is 0.333. The van der Waals surface area contributed by atoms with Crippen molar-refractivity contribution in [3.05, 3.63) is 36.3 Å². The van der Waals surface area contributed by atoms with Crippen molar-refractivity contribution in [3.63, 3.8) is 0 Å². The van der Waals surface area contributed by atoms with Crippen molar-refractivity contribution in [2.45, 2.75) is 45.6 Å². The minimum atomic E-state index is -0.494. The van der Waals surface area contributed by atoms with Crippen LogP contribution in [0.4, 0.5) is 14.9 Å². The van der Waals surface area contributed by atoms with Crippen LogP contribution in [0.15, 0.2) is 30.5 Å². The van der Waals surface area contributed by atoms with Crippen LogP contribution < -0.4 is 5.06 Å². The first-order valence-corrected chi connectivity index (χ1v) is 9.64. The van der Waals surface area contributed by atoms with Gasteiger partial charge in [0.1, 0.15) is 5.82 Å². The van der Waals surface area contributed by atoms with Gasteiger partial charge in [-0.1, -0.05) is 6.42 Å². The molecule has 0 N–H and O–H groups in total. The van der Waals surface area contributed by atoms with Gasteiger partial charge < -0.3 is 9.74 Å². The monoisotopic (exact) mass is 371 g/mol. The minimum Gasteiger partial charge on any atom is -0.321 e. The Kier molecular flexibility index (Phi) is 4.44. The number of hydrogen-bond donors (Lipinski definition) is 0. The van der Waals surface area contributed by atoms with E-state index in [4.69, 9.17) is 4.84 Å². The van der Waals surface area contributed by atoms with Gasteiger partial charge in [0, 0.05) is 24.7 Å². The molecule has 2 aromatic rings. The molecule has 1 saturated heterocycles. The molecule has 2 aliphatic rings. The number of rotatable bonds is 2. The SMILES string of the molecule is CC(C)(C)N(OC(=O)N1CC2CCCC2C1)c1ccnc2ccc(F)cc12. The quantitative estimate of drug-likeness (QED) is 0.714. The molecule has 2 atom stereocenters. The zero-order chi connectivity index (χ0) is 19.2. The van der Waals surface area contributed by atoms with Crippen molar-refractivity contribution in [2.75, 3.05) is 18.2 Å². The smallest absolute Gasteiger partial charge is 0.321 e. The average molecular weight is 371 g/mol. The van der Waals surface area contributed by atoms with Crippen LogP contribution in [0, 0.1) is 17.7 Å². The lowest BCUT2D eigenvalue weighted by atomic mass is 10.0. The van der Waals surface area contributed by atoms with Crippen LogP contribution in [0.3, 0.4) is 0 Å². The van der Waals surface area contributed by atoms with E-state index in [0.717, 1.165) is 13.1 Å². The molecule has 4 rings (SSSR count). The molecule has 1 saturated carbocycles. The highest BCUT2D eigenvalue weighted by molar-refractivity contribution is 5.92. The molecule has 1 aliphatic heterocycles. The van der Waals surface area contributed by atoms with E-state index in [9.17, 15) is 9.18 Å². The summed E-state index contributed by atoms with van der Waals surface area (Å²) in [6.07, 6.45) is 4.99. The lowest BCUT2D eigenvalue weighted by molar-refractivity contribution is 0.0739. The summed E-state index contributed by atoms with van der Waals surface area (Å²) >= 11 is 0. The normalized spacial score (nSPS) is 22.1. The predicted molar refractivity (Wildman–Crippen MR) is 103 cm³/mol. The van der Waals surface area contributed by atoms with Crippen LogP contribution in [-0.4, -0.2) is 34.6 Å². The zero-order valence-corrected chi connectivity index (χ0v) is 16.1. The molecular weight excluding hydrogens is 345 g/mol. The lowest BCUT2D eigenvalue weighted by Crippen LogP contribution is -2.46. The Hall–Kier alpha value is -2.37. The maximum Gasteiger partial charge on any atom is 0.434 e. The average Bonchev–Trinajstić information content (AvgIpc) is 3.20. The highest BCUT2D eigenvalue weighted by atomic mass is 19.1. The summed E-state index contributed by atoms with van der Waals surface area (Å²) < 4.78 is 13.9. The van der Waals surface area contributed by atoms with Gasteiger partial charge in [0.05, 0.1) is 16.7 Å². The largest absolute Gasteiger partial charge is 0.434 e. The topological polar surface area (TPSA) is 45.7 Å². The number of hydroxylamine groups is 1. The third kappa shape index (κ3) is 3.45. The van der Waals surface area contributed by atoms with E-state index in [1.807, 2.05) is 25.7 Å². The third-order valence-electron chi connectivity index (χ3n) is 5.66. The van der Waals surface area contributed by atoms with Crippen LogP contribution in [0.5, 0.6) is 0 Å². The Morgan fingerprint density at radius 2 is 1.93 bits per heavy atom. The molecule has 2 fully saturated rings. The standard InChI is InChI=1S/C21H26FN3O2/c1-21(2,3)25(19-9-10-23-18-8-7-16(22)11-17(18)19)27-20(26)24-12-14-5-4-6-15(14)13-24/h7-11,14-15H,4-6,12-13H2,1-3H3. The highest BCUT2D eigenvalue weighted by Crippen LogP contribution is 2.38. The van der Waals surface area contributed by atoms with Crippen molar-refractivity contribution < 1.29 is 14.0 Å². The molecule has 6 heteroatoms. The van der Waals surface area contributed by atoms with Crippen LogP contribution in [0.2, 0.25) is 0 Å². The number of halogens is 1. The number of pyridine rings is 1. The van der Waals surface area contributed by atoms with E-state index in [0.29, 0.717) is 28.4 Å². The van der Waals surface area contributed by atoms with E-state index in [2.05, 4.69) is 4.98 Å². The Labute approximate surface area is 159 Å². The van der Waals surface area contributed by atoms with Crippen LogP contribution in [-0.2, 0) is 4.84 Å². The molecule has 1 aromatic carbocycles. The van der Waals surface area contributed by atoms with Crippen molar-refractivity contribution >= 4 is 22.7 Å². The number of carbonyl (C=O) groups is 1. The molecule has 144 valence electrons. The van der Waals surface area contributed by atoms with Gasteiger partial charge in [-0.25, -0.2) is 9.18 Å². The first-order chi connectivity index (χ1) is 12.8. The van der Waals surface area contributed by atoms with Crippen molar-refractivity contribution in [1.82, 2.24) is 9.88 Å². The number of benzene rings is 1. The molecule has 2 heterocycles. The van der Waals surface area contributed by atoms with Gasteiger partial charge in [0.15, 0.2) is 0 Å². The Morgan fingerprint density at radius 1 is 1.22 bits per heavy atom. The zero-order valence-electron chi connectivity index (χ0n) is 16.1. The third-order valence-corrected chi connectivity index (χ3v) is 5.66. The van der Waals surface area contributed by atoms with E-state index in [1.165, 1.54) is 31.4 Å². The number of fused-ring (bicyclic) bond motifs is 2. The van der Waals surface area contributed by atoms with E-state index in [-0.39, 0.29) is 11.9 Å². The molecule has 1 aliphatic carbocycles. The first-order valence-electron chi connectivity index (χ1n) is 9.64. The molecule has 1 amide bonds. The molecule has 2 unspecified atom stereocenters. The number of anilines is 1. The fraction of sp³-hybridized carbons (Fsp3) is 0.524. The number of hydrogen-bond acceptors (Lipinski definition) is 4. The van der Waals surface area contributed by atoms with Crippen LogP contribution in [0.1, 0.15) is 40.0 Å². The maximum absolute atomic E-state index is 13.9. The van der Waals surface area contributed by atoms with Gasteiger partial charge in [0.2, 0.25) is 0 Å². The van der Waals surface area contributed by atoms with E-state index in [1.54, 1.807) is 23.4 Å². The molecule has 0 bridgehead atoms. The molecule has 5 nitrogen and oxygen atoms in total. The fourth-order valence-electron chi connectivity index (χ4n) is 4.35. The summed E-state index contributed by atoms with van der Waals surface area (Å²) in [5, 5.41) is 2.21. The summed E-state index contributed by atoms with van der Waals surface area (Å²) in [4.78, 5) is 24.9. The summed E-state index contributed by atoms with van der Waals surface area (Å²) in [5.41, 5.74) is 0.806. The number of nitrogens with zero attached hydrogens (tertiary/aromatic N) is 3. The lowest BCUT2D eigenvalue weighted by Gasteiger charge is -2.36. The first kappa shape index (κ1) is 18.0. The summed E-state index contributed by atoms with van der Waals surface area (Å²) in [7, 11) is 0.